The van der Waals surface area contributed by atoms with E-state index in [0.717, 1.165) is 0 Å². The quantitative estimate of drug-likeness (QED) is 0.617. The van der Waals surface area contributed by atoms with Crippen LogP contribution in [0.4, 0.5) is 0 Å². The van der Waals surface area contributed by atoms with Crippen molar-refractivity contribution < 1.29 is 5.48 Å². The van der Waals surface area contributed by atoms with Crippen molar-refractivity contribution in [3.8, 4) is 0 Å². The first-order valence-electron chi connectivity index (χ1n) is 6.89. The van der Waals surface area contributed by atoms with Gasteiger partial charge in [0.15, 0.2) is 0 Å². The number of aryl methyl sites for hydroxylation is 6. The first kappa shape index (κ1) is 17.4. The van der Waals surface area contributed by atoms with Crippen LogP contribution in [0, 0.1) is 41.5 Å². The van der Waals surface area contributed by atoms with Crippen LogP contribution in [0.25, 0.3) is 0 Å². The van der Waals surface area contributed by atoms with Crippen molar-refractivity contribution in [3.05, 3.63) is 57.6 Å². The van der Waals surface area contributed by atoms with Crippen LogP contribution in [-0.2, 0) is 0 Å². The summed E-state index contributed by atoms with van der Waals surface area (Å²) in [6, 6.07) is 9.38. The van der Waals surface area contributed by atoms with E-state index in [0.29, 0.717) is 0 Å². The van der Waals surface area contributed by atoms with Crippen LogP contribution in [-0.4, -0.2) is 29.7 Å². The molecule has 0 unspecified atom stereocenters. The van der Waals surface area contributed by atoms with E-state index in [2.05, 4.69) is 65.8 Å². The van der Waals surface area contributed by atoms with E-state index in [1.165, 1.54) is 33.4 Å². The Labute approximate surface area is 134 Å². The molecule has 0 atom stereocenters. The van der Waals surface area contributed by atoms with Gasteiger partial charge in [-0.25, -0.2) is 0 Å². The van der Waals surface area contributed by atoms with E-state index < -0.39 is 24.2 Å². The van der Waals surface area contributed by atoms with E-state index in [-0.39, 0.29) is 5.48 Å². The van der Waals surface area contributed by atoms with Crippen LogP contribution in [0.3, 0.4) is 0 Å². The normalized spacial score (nSPS) is 9.90. The summed E-state index contributed by atoms with van der Waals surface area (Å²) in [5, 5.41) is 0. The first-order chi connectivity index (χ1) is 8.88. The predicted octanol–water partition coefficient (Wildman–Crippen LogP) is 2.37. The molecule has 0 radical (unpaired) electrons. The van der Waals surface area contributed by atoms with Gasteiger partial charge in [-0.05, 0) is 0 Å². The van der Waals surface area contributed by atoms with Gasteiger partial charge >= 0.3 is 130 Å². The summed E-state index contributed by atoms with van der Waals surface area (Å²) in [4.78, 5) is 0. The topological polar surface area (TPSA) is 31.5 Å². The van der Waals surface area contributed by atoms with Crippen LogP contribution >= 0.6 is 0 Å². The minimum atomic E-state index is -1.10. The van der Waals surface area contributed by atoms with Crippen LogP contribution in [0.5, 0.6) is 0 Å². The molecule has 2 aromatic carbocycles. The fourth-order valence-corrected chi connectivity index (χ4v) is 8.94. The maximum atomic E-state index is 2.34. The van der Waals surface area contributed by atoms with Crippen molar-refractivity contribution in [1.29, 1.82) is 0 Å². The molecule has 0 saturated heterocycles. The molecule has 0 bridgehead atoms. The van der Waals surface area contributed by atoms with Gasteiger partial charge in [0.2, 0.25) is 0 Å². The Hall–Kier alpha value is -0.678. The maximum Gasteiger partial charge on any atom is -0.412 e. The zero-order valence-corrected chi connectivity index (χ0v) is 17.9. The Morgan fingerprint density at radius 2 is 0.800 bits per heavy atom. The Bertz CT molecular complexity index is 528. The molecule has 0 amide bonds. The predicted molar refractivity (Wildman–Crippen MR) is 89.9 cm³/mol. The van der Waals surface area contributed by atoms with Crippen molar-refractivity contribution in [2.24, 2.45) is 0 Å². The largest absolute Gasteiger partial charge is 0.412 e. The average Bonchev–Trinajstić information content (AvgIpc) is 2.25. The third-order valence-electron chi connectivity index (χ3n) is 3.76. The molecular formula is C18H24OTl. The van der Waals surface area contributed by atoms with E-state index in [1.54, 1.807) is 6.25 Å². The second kappa shape index (κ2) is 6.85. The Kier molecular flexibility index (Phi) is 5.95. The molecule has 105 valence electrons. The van der Waals surface area contributed by atoms with Gasteiger partial charge in [0, 0.05) is 0 Å². The van der Waals surface area contributed by atoms with Crippen LogP contribution in [0.2, 0.25) is 0 Å². The molecule has 0 aromatic heterocycles. The van der Waals surface area contributed by atoms with Gasteiger partial charge in [-0.1, -0.05) is 0 Å². The zero-order chi connectivity index (χ0) is 14.2. The van der Waals surface area contributed by atoms with Crippen molar-refractivity contribution in [1.82, 2.24) is 0 Å². The molecule has 0 aliphatic rings. The zero-order valence-electron chi connectivity index (χ0n) is 13.4. The Morgan fingerprint density at radius 3 is 1.05 bits per heavy atom. The molecule has 0 aliphatic heterocycles. The average molecular weight is 461 g/mol. The maximum absolute atomic E-state index is 2.34. The number of benzene rings is 2. The summed E-state index contributed by atoms with van der Waals surface area (Å²) in [5.41, 5.74) is 8.81. The number of hydrogen-bond donors (Lipinski definition) is 0. The van der Waals surface area contributed by atoms with Gasteiger partial charge in [0.1, 0.15) is 0 Å². The molecule has 0 fully saturated rings. The summed E-state index contributed by atoms with van der Waals surface area (Å²) in [5.74, 6) is 0. The van der Waals surface area contributed by atoms with Crippen LogP contribution in [0.1, 0.15) is 33.4 Å². The van der Waals surface area contributed by atoms with Gasteiger partial charge in [-0.2, -0.15) is 0 Å². The molecule has 2 rings (SSSR count). The smallest absolute Gasteiger partial charge is 0.412 e. The van der Waals surface area contributed by atoms with Crippen molar-refractivity contribution >= 4 is 30.5 Å². The second-order valence-corrected chi connectivity index (χ2v) is 11.4. The molecule has 2 N–H and O–H groups in total. The van der Waals surface area contributed by atoms with Crippen molar-refractivity contribution in [2.45, 2.75) is 41.5 Å². The SMILES string of the molecule is Cc1cc(C)[c]([Tl][c]2c(C)cc(C)cc2C)c(C)c1.O. The minimum absolute atomic E-state index is 0. The molecule has 2 aromatic rings. The van der Waals surface area contributed by atoms with Crippen molar-refractivity contribution in [3.63, 3.8) is 0 Å². The first-order valence-corrected chi connectivity index (χ1v) is 11.4. The van der Waals surface area contributed by atoms with Gasteiger partial charge in [0.25, 0.3) is 0 Å². The fraction of sp³-hybridized carbons (Fsp3) is 0.333. The van der Waals surface area contributed by atoms with E-state index in [4.69, 9.17) is 0 Å². The summed E-state index contributed by atoms with van der Waals surface area (Å²) in [7, 11) is 0. The number of rotatable bonds is 2. The van der Waals surface area contributed by atoms with Gasteiger partial charge in [-0.15, -0.1) is 0 Å². The Balaban J connectivity index is 0.00000200. The minimum Gasteiger partial charge on any atom is -0.412 e. The van der Waals surface area contributed by atoms with Gasteiger partial charge in [0.05, 0.1) is 0 Å². The standard InChI is InChI=1S/2C9H11.H2O.Tl/c2*1-7-4-8(2)6-9(3)5-7;;/h2*4-5H,1-3H3;1H2;. The summed E-state index contributed by atoms with van der Waals surface area (Å²) in [6.45, 7) is 13.5. The van der Waals surface area contributed by atoms with Crippen LogP contribution in [0.15, 0.2) is 24.3 Å². The fourth-order valence-electron chi connectivity index (χ4n) is 2.98. The van der Waals surface area contributed by atoms with E-state index in [1.807, 2.05) is 0 Å². The summed E-state index contributed by atoms with van der Waals surface area (Å²) >= 11 is -1.10. The third-order valence-corrected chi connectivity index (χ3v) is 13.1. The monoisotopic (exact) mass is 461 g/mol. The van der Waals surface area contributed by atoms with Gasteiger partial charge < -0.3 is 5.48 Å². The van der Waals surface area contributed by atoms with E-state index >= 15 is 0 Å². The number of hydrogen-bond acceptors (Lipinski definition) is 0. The second-order valence-electron chi connectivity index (χ2n) is 5.77. The Morgan fingerprint density at radius 1 is 0.550 bits per heavy atom. The third kappa shape index (κ3) is 3.70. The molecular weight excluding hydrogens is 437 g/mol. The molecule has 0 saturated carbocycles. The van der Waals surface area contributed by atoms with E-state index in [9.17, 15) is 0 Å². The molecule has 0 aliphatic carbocycles. The molecule has 2 heteroatoms. The van der Waals surface area contributed by atoms with Gasteiger partial charge in [-0.3, -0.25) is 0 Å². The van der Waals surface area contributed by atoms with Crippen molar-refractivity contribution in [2.75, 3.05) is 0 Å². The summed E-state index contributed by atoms with van der Waals surface area (Å²) in [6.07, 6.45) is 0. The summed E-state index contributed by atoms with van der Waals surface area (Å²) < 4.78 is 3.39. The molecule has 0 heterocycles. The molecule has 0 spiro atoms. The van der Waals surface area contributed by atoms with Crippen LogP contribution < -0.4 is 6.25 Å². The molecule has 20 heavy (non-hydrogen) atoms. The molecule has 1 nitrogen and oxygen atoms in total.